The quantitative estimate of drug-likeness (QED) is 0.692. The molecule has 0 atom stereocenters. The third kappa shape index (κ3) is 3.64. The lowest BCUT2D eigenvalue weighted by molar-refractivity contribution is 0.0999. The van der Waals surface area contributed by atoms with Gasteiger partial charge in [0.05, 0.1) is 5.56 Å². The zero-order chi connectivity index (χ0) is 17.8. The molecule has 6 heteroatoms. The lowest BCUT2D eigenvalue weighted by atomic mass is 10.0. The van der Waals surface area contributed by atoms with Crippen LogP contribution >= 0.6 is 11.3 Å². The van der Waals surface area contributed by atoms with Crippen LogP contribution in [0.5, 0.6) is 0 Å². The fourth-order valence-electron chi connectivity index (χ4n) is 2.30. The molecule has 0 saturated carbocycles. The second-order valence-electron chi connectivity index (χ2n) is 5.25. The third-order valence-electron chi connectivity index (χ3n) is 3.60. The van der Waals surface area contributed by atoms with E-state index in [-0.39, 0.29) is 17.3 Å². The predicted molar refractivity (Wildman–Crippen MR) is 97.1 cm³/mol. The topological polar surface area (TPSA) is 89.3 Å². The van der Waals surface area contributed by atoms with Gasteiger partial charge in [-0.05, 0) is 23.6 Å². The van der Waals surface area contributed by atoms with Gasteiger partial charge in [-0.1, -0.05) is 42.5 Å². The minimum atomic E-state index is -0.597. The lowest BCUT2D eigenvalue weighted by Gasteiger charge is -2.06. The molecular weight excluding hydrogens is 336 g/mol. The smallest absolute Gasteiger partial charge is 0.256 e. The van der Waals surface area contributed by atoms with Crippen molar-refractivity contribution in [2.75, 3.05) is 5.32 Å². The van der Waals surface area contributed by atoms with Gasteiger partial charge in [0.2, 0.25) is 0 Å². The Morgan fingerprint density at radius 1 is 0.800 bits per heavy atom. The average Bonchev–Trinajstić information content (AvgIpc) is 3.10. The maximum Gasteiger partial charge on any atom is 0.256 e. The van der Waals surface area contributed by atoms with Crippen molar-refractivity contribution in [1.29, 1.82) is 0 Å². The number of benzene rings is 2. The molecule has 2 amide bonds. The molecule has 1 aromatic heterocycles. The fraction of sp³-hybridized carbons (Fsp3) is 0. The highest BCUT2D eigenvalue weighted by Gasteiger charge is 2.14. The predicted octanol–water partition coefficient (Wildman–Crippen LogP) is 3.33. The lowest BCUT2D eigenvalue weighted by Crippen LogP contribution is -2.16. The van der Waals surface area contributed by atoms with Crippen molar-refractivity contribution in [3.63, 3.8) is 0 Å². The van der Waals surface area contributed by atoms with Gasteiger partial charge in [0.1, 0.15) is 5.00 Å². The summed E-state index contributed by atoms with van der Waals surface area (Å²) in [6.07, 6.45) is 0. The summed E-state index contributed by atoms with van der Waals surface area (Å²) in [5.41, 5.74) is 7.00. The number of rotatable bonds is 5. The minimum Gasteiger partial charge on any atom is -0.366 e. The molecule has 0 aliphatic rings. The highest BCUT2D eigenvalue weighted by molar-refractivity contribution is 7.14. The van der Waals surface area contributed by atoms with Crippen molar-refractivity contribution >= 4 is 33.9 Å². The zero-order valence-corrected chi connectivity index (χ0v) is 13.9. The standard InChI is InChI=1S/C19H14N2O3S/c20-17(23)15-10-11-25-19(15)21-18(24)14-8-6-13(7-9-14)16(22)12-4-2-1-3-5-12/h1-11H,(H2,20,23)(H,21,24). The Hall–Kier alpha value is -3.25. The summed E-state index contributed by atoms with van der Waals surface area (Å²) in [6, 6.07) is 16.8. The van der Waals surface area contributed by atoms with E-state index in [2.05, 4.69) is 5.32 Å². The first-order valence-electron chi connectivity index (χ1n) is 7.44. The number of carbonyl (C=O) groups excluding carboxylic acids is 3. The average molecular weight is 350 g/mol. The fourth-order valence-corrected chi connectivity index (χ4v) is 3.09. The number of primary amides is 1. The van der Waals surface area contributed by atoms with Crippen molar-refractivity contribution in [3.05, 3.63) is 88.3 Å². The molecule has 0 spiro atoms. The number of hydrogen-bond acceptors (Lipinski definition) is 4. The SMILES string of the molecule is NC(=O)c1ccsc1NC(=O)c1ccc(C(=O)c2ccccc2)cc1. The maximum atomic E-state index is 12.4. The van der Waals surface area contributed by atoms with E-state index in [0.717, 1.165) is 0 Å². The van der Waals surface area contributed by atoms with Crippen LogP contribution in [0.25, 0.3) is 0 Å². The highest BCUT2D eigenvalue weighted by Crippen LogP contribution is 2.23. The Bertz CT molecular complexity index is 931. The number of hydrogen-bond donors (Lipinski definition) is 2. The van der Waals surface area contributed by atoms with E-state index in [9.17, 15) is 14.4 Å². The molecule has 25 heavy (non-hydrogen) atoms. The van der Waals surface area contributed by atoms with Crippen LogP contribution in [0.15, 0.2) is 66.0 Å². The van der Waals surface area contributed by atoms with E-state index < -0.39 is 5.91 Å². The van der Waals surface area contributed by atoms with Crippen molar-refractivity contribution < 1.29 is 14.4 Å². The molecule has 124 valence electrons. The minimum absolute atomic E-state index is 0.109. The molecule has 1 heterocycles. The maximum absolute atomic E-state index is 12.4. The second kappa shape index (κ2) is 7.11. The Balaban J connectivity index is 1.76. The molecule has 0 aliphatic heterocycles. The summed E-state index contributed by atoms with van der Waals surface area (Å²) in [6.45, 7) is 0. The van der Waals surface area contributed by atoms with Gasteiger partial charge < -0.3 is 11.1 Å². The van der Waals surface area contributed by atoms with Crippen LogP contribution in [-0.2, 0) is 0 Å². The summed E-state index contributed by atoms with van der Waals surface area (Å²) in [5.74, 6) is -1.08. The molecule has 3 aromatic rings. The van der Waals surface area contributed by atoms with Crippen LogP contribution in [0.3, 0.4) is 0 Å². The third-order valence-corrected chi connectivity index (χ3v) is 4.43. The molecule has 5 nitrogen and oxygen atoms in total. The van der Waals surface area contributed by atoms with Gasteiger partial charge in [-0.2, -0.15) is 0 Å². The Morgan fingerprint density at radius 2 is 1.40 bits per heavy atom. The van der Waals surface area contributed by atoms with Gasteiger partial charge in [-0.3, -0.25) is 14.4 Å². The normalized spacial score (nSPS) is 10.2. The summed E-state index contributed by atoms with van der Waals surface area (Å²) in [4.78, 5) is 35.9. The number of carbonyl (C=O) groups is 3. The molecule has 0 aliphatic carbocycles. The Labute approximate surface area is 148 Å². The van der Waals surface area contributed by atoms with Gasteiger partial charge >= 0.3 is 0 Å². The zero-order valence-electron chi connectivity index (χ0n) is 13.1. The molecule has 0 bridgehead atoms. The van der Waals surface area contributed by atoms with Crippen molar-refractivity contribution in [2.24, 2.45) is 5.73 Å². The number of amides is 2. The van der Waals surface area contributed by atoms with Crippen LogP contribution in [0.4, 0.5) is 5.00 Å². The molecule has 3 N–H and O–H groups in total. The van der Waals surface area contributed by atoms with Crippen LogP contribution in [0.1, 0.15) is 36.6 Å². The molecule has 3 rings (SSSR count). The van der Waals surface area contributed by atoms with Crippen LogP contribution in [0.2, 0.25) is 0 Å². The van der Waals surface area contributed by atoms with Crippen molar-refractivity contribution in [2.45, 2.75) is 0 Å². The van der Waals surface area contributed by atoms with Crippen molar-refractivity contribution in [3.8, 4) is 0 Å². The van der Waals surface area contributed by atoms with E-state index in [1.165, 1.54) is 11.3 Å². The number of ketones is 1. The number of anilines is 1. The summed E-state index contributed by atoms with van der Waals surface area (Å²) in [5, 5.41) is 4.74. The summed E-state index contributed by atoms with van der Waals surface area (Å²) < 4.78 is 0. The molecule has 0 saturated heterocycles. The highest BCUT2D eigenvalue weighted by atomic mass is 32.1. The van der Waals surface area contributed by atoms with Crippen molar-refractivity contribution in [1.82, 2.24) is 0 Å². The number of thiophene rings is 1. The molecular formula is C19H14N2O3S. The molecule has 0 radical (unpaired) electrons. The van der Waals surface area contributed by atoms with Crippen LogP contribution < -0.4 is 11.1 Å². The van der Waals surface area contributed by atoms with E-state index in [4.69, 9.17) is 5.73 Å². The first-order chi connectivity index (χ1) is 12.1. The van der Waals surface area contributed by atoms with E-state index in [0.29, 0.717) is 21.7 Å². The number of nitrogens with two attached hydrogens (primary N) is 1. The van der Waals surface area contributed by atoms with Gasteiger partial charge in [0.15, 0.2) is 5.78 Å². The molecule has 2 aromatic carbocycles. The first kappa shape index (κ1) is 16.6. The van der Waals surface area contributed by atoms with Crippen LogP contribution in [-0.4, -0.2) is 17.6 Å². The summed E-state index contributed by atoms with van der Waals surface area (Å²) in [7, 11) is 0. The Morgan fingerprint density at radius 3 is 2.04 bits per heavy atom. The largest absolute Gasteiger partial charge is 0.366 e. The molecule has 0 unspecified atom stereocenters. The molecule has 0 fully saturated rings. The van der Waals surface area contributed by atoms with Gasteiger partial charge in [0.25, 0.3) is 11.8 Å². The summed E-state index contributed by atoms with van der Waals surface area (Å²) >= 11 is 1.22. The van der Waals surface area contributed by atoms with Gasteiger partial charge in [-0.25, -0.2) is 0 Å². The first-order valence-corrected chi connectivity index (χ1v) is 8.32. The van der Waals surface area contributed by atoms with E-state index >= 15 is 0 Å². The van der Waals surface area contributed by atoms with E-state index in [1.807, 2.05) is 6.07 Å². The van der Waals surface area contributed by atoms with Gasteiger partial charge in [0, 0.05) is 16.7 Å². The monoisotopic (exact) mass is 350 g/mol. The van der Waals surface area contributed by atoms with E-state index in [1.54, 1.807) is 60.0 Å². The number of nitrogens with one attached hydrogen (secondary N) is 1. The van der Waals surface area contributed by atoms with Crippen LogP contribution in [0, 0.1) is 0 Å². The van der Waals surface area contributed by atoms with Gasteiger partial charge in [-0.15, -0.1) is 11.3 Å². The second-order valence-corrected chi connectivity index (χ2v) is 6.17. The Kier molecular flexibility index (Phi) is 4.72.